The van der Waals surface area contributed by atoms with E-state index in [1.54, 1.807) is 0 Å². The zero-order valence-corrected chi connectivity index (χ0v) is 17.1. The van der Waals surface area contributed by atoms with Gasteiger partial charge in [0.25, 0.3) is 0 Å². The van der Waals surface area contributed by atoms with Crippen molar-refractivity contribution in [2.24, 2.45) is 16.8 Å². The highest BCUT2D eigenvalue weighted by Crippen LogP contribution is 2.27. The minimum Gasteiger partial charge on any atom is -0.356 e. The summed E-state index contributed by atoms with van der Waals surface area (Å²) in [5.74, 6) is 2.46. The van der Waals surface area contributed by atoms with Gasteiger partial charge in [-0.15, -0.1) is 24.0 Å². The first kappa shape index (κ1) is 19.3. The molecular weight excluding hydrogens is 413 g/mol. The number of allylic oxidation sites excluding steroid dienone is 2. The van der Waals surface area contributed by atoms with Crippen LogP contribution in [0.1, 0.15) is 38.6 Å². The number of nitrogens with one attached hydrogen (secondary N) is 1. The molecule has 5 nitrogen and oxygen atoms in total. The van der Waals surface area contributed by atoms with Crippen LogP contribution in [0.15, 0.2) is 35.9 Å². The van der Waals surface area contributed by atoms with Crippen LogP contribution in [0.3, 0.4) is 0 Å². The lowest BCUT2D eigenvalue weighted by Crippen LogP contribution is -2.49. The van der Waals surface area contributed by atoms with Crippen LogP contribution >= 0.6 is 24.0 Å². The molecule has 1 aliphatic heterocycles. The molecule has 0 spiro atoms. The summed E-state index contributed by atoms with van der Waals surface area (Å²) in [6.07, 6.45) is 15.4. The summed E-state index contributed by atoms with van der Waals surface area (Å²) in [5.41, 5.74) is 0. The summed E-state index contributed by atoms with van der Waals surface area (Å²) >= 11 is 0. The number of hydrogen-bond acceptors (Lipinski definition) is 2. The molecule has 0 amide bonds. The molecule has 1 saturated heterocycles. The number of aromatic nitrogens is 2. The van der Waals surface area contributed by atoms with Gasteiger partial charge < -0.3 is 14.8 Å². The van der Waals surface area contributed by atoms with Gasteiger partial charge in [0.15, 0.2) is 5.96 Å². The molecule has 3 rings (SSSR count). The molecule has 134 valence electrons. The van der Waals surface area contributed by atoms with Gasteiger partial charge in [0.1, 0.15) is 0 Å². The quantitative estimate of drug-likeness (QED) is 0.338. The van der Waals surface area contributed by atoms with Crippen LogP contribution in [0.5, 0.6) is 0 Å². The van der Waals surface area contributed by atoms with E-state index in [1.165, 1.54) is 25.7 Å². The van der Waals surface area contributed by atoms with Gasteiger partial charge in [0, 0.05) is 39.1 Å². The lowest BCUT2D eigenvalue weighted by Gasteiger charge is -2.39. The highest BCUT2D eigenvalue weighted by molar-refractivity contribution is 14.0. The van der Waals surface area contributed by atoms with E-state index in [-0.39, 0.29) is 24.0 Å². The van der Waals surface area contributed by atoms with Gasteiger partial charge in [-0.25, -0.2) is 4.98 Å². The number of halogens is 1. The Morgan fingerprint density at radius 2 is 2.21 bits per heavy atom. The zero-order chi connectivity index (χ0) is 16.1. The minimum absolute atomic E-state index is 0. The van der Waals surface area contributed by atoms with E-state index in [1.807, 2.05) is 19.6 Å². The van der Waals surface area contributed by atoms with Crippen molar-refractivity contribution in [1.29, 1.82) is 0 Å². The Labute approximate surface area is 162 Å². The molecule has 0 radical (unpaired) electrons. The van der Waals surface area contributed by atoms with E-state index in [4.69, 9.17) is 0 Å². The van der Waals surface area contributed by atoms with Gasteiger partial charge in [0.05, 0.1) is 12.4 Å². The lowest BCUT2D eigenvalue weighted by molar-refractivity contribution is 0.188. The van der Waals surface area contributed by atoms with E-state index in [9.17, 15) is 0 Å². The first-order chi connectivity index (χ1) is 11.3. The van der Waals surface area contributed by atoms with Gasteiger partial charge >= 0.3 is 0 Å². The fraction of sp³-hybridized carbons (Fsp3) is 0.667. The molecule has 6 heteroatoms. The number of piperidine rings is 1. The maximum absolute atomic E-state index is 4.53. The monoisotopic (exact) mass is 443 g/mol. The molecular formula is C18H30IN5. The summed E-state index contributed by atoms with van der Waals surface area (Å²) in [5, 5.41) is 3.61. The normalized spacial score (nSPS) is 27.7. The molecule has 3 unspecified atom stereocenters. The van der Waals surface area contributed by atoms with Crippen molar-refractivity contribution in [2.45, 2.75) is 38.6 Å². The Morgan fingerprint density at radius 1 is 1.33 bits per heavy atom. The first-order valence-corrected chi connectivity index (χ1v) is 8.86. The molecule has 1 aliphatic carbocycles. The number of hydrogen-bond donors (Lipinski definition) is 1. The predicted molar refractivity (Wildman–Crippen MR) is 110 cm³/mol. The van der Waals surface area contributed by atoms with Gasteiger partial charge in [-0.2, -0.15) is 0 Å². The van der Waals surface area contributed by atoms with Gasteiger partial charge in [-0.3, -0.25) is 4.99 Å². The third-order valence-electron chi connectivity index (χ3n) is 5.26. The highest BCUT2D eigenvalue weighted by atomic mass is 127. The Kier molecular flexibility index (Phi) is 7.58. The van der Waals surface area contributed by atoms with Crippen LogP contribution in [-0.4, -0.2) is 47.1 Å². The van der Waals surface area contributed by atoms with Crippen molar-refractivity contribution in [2.75, 3.05) is 26.7 Å². The average molecular weight is 443 g/mol. The fourth-order valence-corrected chi connectivity index (χ4v) is 3.70. The molecule has 24 heavy (non-hydrogen) atoms. The van der Waals surface area contributed by atoms with E-state index < -0.39 is 0 Å². The minimum atomic E-state index is 0. The molecule has 1 fully saturated rings. The maximum Gasteiger partial charge on any atom is 0.193 e. The maximum atomic E-state index is 4.53. The summed E-state index contributed by atoms with van der Waals surface area (Å²) in [6.45, 7) is 5.45. The molecule has 3 atom stereocenters. The smallest absolute Gasteiger partial charge is 0.193 e. The third kappa shape index (κ3) is 4.74. The lowest BCUT2D eigenvalue weighted by atomic mass is 9.93. The Hall–Kier alpha value is -1.05. The predicted octanol–water partition coefficient (Wildman–Crippen LogP) is 3.32. The van der Waals surface area contributed by atoms with Crippen molar-refractivity contribution < 1.29 is 0 Å². The fourth-order valence-electron chi connectivity index (χ4n) is 3.70. The number of guanidine groups is 1. The average Bonchev–Trinajstić information content (AvgIpc) is 3.12. The zero-order valence-electron chi connectivity index (χ0n) is 14.8. The summed E-state index contributed by atoms with van der Waals surface area (Å²) in [7, 11) is 1.90. The van der Waals surface area contributed by atoms with Crippen LogP contribution < -0.4 is 5.32 Å². The second-order valence-corrected chi connectivity index (χ2v) is 6.87. The van der Waals surface area contributed by atoms with Crippen LogP contribution in [0.2, 0.25) is 0 Å². The molecule has 1 N–H and O–H groups in total. The molecule has 0 saturated carbocycles. The van der Waals surface area contributed by atoms with Gasteiger partial charge in [-0.05, 0) is 37.5 Å². The van der Waals surface area contributed by atoms with Crippen molar-refractivity contribution in [1.82, 2.24) is 19.8 Å². The van der Waals surface area contributed by atoms with E-state index in [2.05, 4.69) is 50.0 Å². The Balaban J connectivity index is 0.00000208. The molecule has 1 aromatic heterocycles. The molecule has 0 bridgehead atoms. The standard InChI is InChI=1S/C18H29N5.HI/c1-15-8-10-22(13-17(15)23-11-9-20-14-23)18(19-2)21-12-16-6-4-3-5-7-16;/h3-4,9,11,14-17H,5-8,10,12-13H2,1-2H3,(H,19,21);1H. The Bertz CT molecular complexity index is 540. The van der Waals surface area contributed by atoms with Crippen LogP contribution in [0, 0.1) is 11.8 Å². The SMILES string of the molecule is CN=C(NCC1CC=CCC1)N1CCC(C)C(n2ccnc2)C1.I. The summed E-state index contributed by atoms with van der Waals surface area (Å²) in [4.78, 5) is 11.1. The number of likely N-dealkylation sites (tertiary alicyclic amines) is 1. The van der Waals surface area contributed by atoms with Crippen molar-refractivity contribution >= 4 is 29.9 Å². The summed E-state index contributed by atoms with van der Waals surface area (Å²) in [6, 6.07) is 0.474. The number of nitrogens with zero attached hydrogens (tertiary/aromatic N) is 4. The van der Waals surface area contributed by atoms with E-state index in [0.717, 1.165) is 31.5 Å². The first-order valence-electron chi connectivity index (χ1n) is 8.86. The largest absolute Gasteiger partial charge is 0.356 e. The topological polar surface area (TPSA) is 45.5 Å². The van der Waals surface area contributed by atoms with Crippen LogP contribution in [0.4, 0.5) is 0 Å². The van der Waals surface area contributed by atoms with Crippen LogP contribution in [-0.2, 0) is 0 Å². The van der Waals surface area contributed by atoms with Gasteiger partial charge in [0.2, 0.25) is 0 Å². The molecule has 2 heterocycles. The second kappa shape index (κ2) is 9.44. The van der Waals surface area contributed by atoms with Gasteiger partial charge in [-0.1, -0.05) is 19.1 Å². The number of imidazole rings is 1. The molecule has 2 aliphatic rings. The highest BCUT2D eigenvalue weighted by Gasteiger charge is 2.29. The van der Waals surface area contributed by atoms with Crippen molar-refractivity contribution in [3.63, 3.8) is 0 Å². The number of rotatable bonds is 3. The molecule has 1 aromatic rings. The third-order valence-corrected chi connectivity index (χ3v) is 5.26. The Morgan fingerprint density at radius 3 is 2.88 bits per heavy atom. The van der Waals surface area contributed by atoms with Crippen LogP contribution in [0.25, 0.3) is 0 Å². The summed E-state index contributed by atoms with van der Waals surface area (Å²) < 4.78 is 2.25. The van der Waals surface area contributed by atoms with E-state index in [0.29, 0.717) is 12.0 Å². The van der Waals surface area contributed by atoms with E-state index >= 15 is 0 Å². The molecule has 0 aromatic carbocycles. The second-order valence-electron chi connectivity index (χ2n) is 6.87. The van der Waals surface area contributed by atoms with Crippen molar-refractivity contribution in [3.8, 4) is 0 Å². The van der Waals surface area contributed by atoms with Crippen molar-refractivity contribution in [3.05, 3.63) is 30.9 Å². The number of aliphatic imine (C=N–C) groups is 1.